The lowest BCUT2D eigenvalue weighted by Crippen LogP contribution is -2.40. The van der Waals surface area contributed by atoms with Crippen LogP contribution < -0.4 is 21.3 Å². The molecule has 2 fully saturated rings. The van der Waals surface area contributed by atoms with E-state index in [1.165, 1.54) is 0 Å². The molecule has 5 rings (SSSR count). The van der Waals surface area contributed by atoms with Gasteiger partial charge in [0.25, 0.3) is 11.8 Å². The highest BCUT2D eigenvalue weighted by molar-refractivity contribution is 6.00. The average molecular weight is 554 g/mol. The molecule has 1 aliphatic carbocycles. The van der Waals surface area contributed by atoms with Gasteiger partial charge in [0.1, 0.15) is 0 Å². The van der Waals surface area contributed by atoms with Crippen molar-refractivity contribution in [1.82, 2.24) is 10.2 Å². The molecule has 214 valence electrons. The predicted molar refractivity (Wildman–Crippen MR) is 162 cm³/mol. The van der Waals surface area contributed by atoms with Crippen LogP contribution in [0.2, 0.25) is 0 Å². The Labute approximate surface area is 241 Å². The van der Waals surface area contributed by atoms with Crippen molar-refractivity contribution < 1.29 is 14.4 Å². The van der Waals surface area contributed by atoms with Crippen LogP contribution in [0.3, 0.4) is 0 Å². The van der Waals surface area contributed by atoms with Crippen LogP contribution in [0.4, 0.5) is 11.4 Å². The maximum atomic E-state index is 13.2. The van der Waals surface area contributed by atoms with E-state index in [0.717, 1.165) is 49.9 Å². The molecule has 41 heavy (non-hydrogen) atoms. The Bertz CT molecular complexity index is 1340. The lowest BCUT2D eigenvalue weighted by Gasteiger charge is -2.28. The molecule has 0 bridgehead atoms. The Morgan fingerprint density at radius 1 is 0.780 bits per heavy atom. The molecule has 2 aliphatic rings. The average Bonchev–Trinajstić information content (AvgIpc) is 3.25. The maximum absolute atomic E-state index is 13.2. The fourth-order valence-corrected chi connectivity index (χ4v) is 5.69. The Balaban J connectivity index is 1.33. The monoisotopic (exact) mass is 553 g/mol. The van der Waals surface area contributed by atoms with Crippen molar-refractivity contribution in [3.8, 4) is 0 Å². The second-order valence-electron chi connectivity index (χ2n) is 11.0. The molecule has 0 radical (unpaired) electrons. The molecule has 3 amide bonds. The second kappa shape index (κ2) is 13.5. The number of anilines is 2. The summed E-state index contributed by atoms with van der Waals surface area (Å²) in [4.78, 5) is 43.5. The zero-order valence-corrected chi connectivity index (χ0v) is 23.4. The van der Waals surface area contributed by atoms with Gasteiger partial charge in [-0.15, -0.1) is 0 Å². The summed E-state index contributed by atoms with van der Waals surface area (Å²) in [6, 6.07) is 24.8. The molecule has 0 spiro atoms. The molecule has 3 aromatic carbocycles. The first-order valence-electron chi connectivity index (χ1n) is 14.6. The van der Waals surface area contributed by atoms with Crippen molar-refractivity contribution in [2.24, 2.45) is 5.73 Å². The van der Waals surface area contributed by atoms with Crippen LogP contribution >= 0.6 is 0 Å². The molecule has 3 aromatic rings. The van der Waals surface area contributed by atoms with E-state index < -0.39 is 0 Å². The van der Waals surface area contributed by atoms with E-state index in [1.54, 1.807) is 6.07 Å². The molecule has 1 heterocycles. The third-order valence-electron chi connectivity index (χ3n) is 7.99. The summed E-state index contributed by atoms with van der Waals surface area (Å²) in [5, 5.41) is 6.24. The number of carbonyl (C=O) groups is 3. The van der Waals surface area contributed by atoms with Gasteiger partial charge in [-0.3, -0.25) is 14.4 Å². The standard InChI is InChI=1S/C33H39N5O3/c34-27-13-15-28(16-14-27)35-32(40)26-12-17-30(29(23-26)36-31(39)22-24-8-3-1-4-9-24)37-18-7-19-38(21-20-37)33(41)25-10-5-2-6-11-25/h1-6,8-12,17,23,27-28H,7,13-16,18-22,34H2,(H,35,40)(H,36,39). The molecular weight excluding hydrogens is 514 g/mol. The van der Waals surface area contributed by atoms with E-state index in [4.69, 9.17) is 5.73 Å². The summed E-state index contributed by atoms with van der Waals surface area (Å²) in [5.41, 5.74) is 9.60. The lowest BCUT2D eigenvalue weighted by molar-refractivity contribution is -0.115. The summed E-state index contributed by atoms with van der Waals surface area (Å²) in [6.07, 6.45) is 4.59. The van der Waals surface area contributed by atoms with Crippen molar-refractivity contribution >= 4 is 29.1 Å². The van der Waals surface area contributed by atoms with Crippen molar-refractivity contribution in [2.75, 3.05) is 36.4 Å². The molecule has 0 atom stereocenters. The number of hydrogen-bond acceptors (Lipinski definition) is 5. The van der Waals surface area contributed by atoms with Gasteiger partial charge in [0, 0.05) is 49.4 Å². The van der Waals surface area contributed by atoms with Gasteiger partial charge in [-0.25, -0.2) is 0 Å². The Hall–Kier alpha value is -4.17. The van der Waals surface area contributed by atoms with Crippen LogP contribution in [0.15, 0.2) is 78.9 Å². The quantitative estimate of drug-likeness (QED) is 0.406. The van der Waals surface area contributed by atoms with Crippen molar-refractivity contribution in [3.05, 3.63) is 95.6 Å². The van der Waals surface area contributed by atoms with E-state index in [-0.39, 0.29) is 36.2 Å². The van der Waals surface area contributed by atoms with Gasteiger partial charge in [0.15, 0.2) is 0 Å². The fraction of sp³-hybridized carbons (Fsp3) is 0.364. The zero-order chi connectivity index (χ0) is 28.6. The summed E-state index contributed by atoms with van der Waals surface area (Å²) in [7, 11) is 0. The van der Waals surface area contributed by atoms with Gasteiger partial charge < -0.3 is 26.2 Å². The Kier molecular flexibility index (Phi) is 9.31. The smallest absolute Gasteiger partial charge is 0.253 e. The number of rotatable bonds is 7. The van der Waals surface area contributed by atoms with Gasteiger partial charge in [-0.2, -0.15) is 0 Å². The number of nitrogens with one attached hydrogen (secondary N) is 2. The van der Waals surface area contributed by atoms with Crippen LogP contribution in [0, 0.1) is 0 Å². The molecular formula is C33H39N5O3. The summed E-state index contributed by atoms with van der Waals surface area (Å²) in [6.45, 7) is 2.57. The molecule has 1 aliphatic heterocycles. The van der Waals surface area contributed by atoms with Gasteiger partial charge in [-0.05, 0) is 68.0 Å². The minimum atomic E-state index is -0.147. The summed E-state index contributed by atoms with van der Waals surface area (Å²) >= 11 is 0. The van der Waals surface area contributed by atoms with E-state index in [1.807, 2.05) is 77.7 Å². The number of carbonyl (C=O) groups excluding carboxylic acids is 3. The number of benzene rings is 3. The number of hydrogen-bond donors (Lipinski definition) is 3. The second-order valence-corrected chi connectivity index (χ2v) is 11.0. The van der Waals surface area contributed by atoms with Gasteiger partial charge in [0.05, 0.1) is 17.8 Å². The third kappa shape index (κ3) is 7.52. The van der Waals surface area contributed by atoms with Gasteiger partial charge >= 0.3 is 0 Å². The molecule has 4 N–H and O–H groups in total. The van der Waals surface area contributed by atoms with Crippen molar-refractivity contribution in [2.45, 2.75) is 50.6 Å². The SMILES string of the molecule is NC1CCC(NC(=O)c2ccc(N3CCCN(C(=O)c4ccccc4)CC3)c(NC(=O)Cc3ccccc3)c2)CC1. The van der Waals surface area contributed by atoms with E-state index in [2.05, 4.69) is 15.5 Å². The van der Waals surface area contributed by atoms with Crippen LogP contribution in [-0.2, 0) is 11.2 Å². The van der Waals surface area contributed by atoms with Gasteiger partial charge in [-0.1, -0.05) is 48.5 Å². The highest BCUT2D eigenvalue weighted by atomic mass is 16.2. The van der Waals surface area contributed by atoms with E-state index in [0.29, 0.717) is 36.4 Å². The third-order valence-corrected chi connectivity index (χ3v) is 7.99. The number of amides is 3. The van der Waals surface area contributed by atoms with Crippen LogP contribution in [0.25, 0.3) is 0 Å². The lowest BCUT2D eigenvalue weighted by atomic mass is 9.91. The molecule has 0 aromatic heterocycles. The topological polar surface area (TPSA) is 108 Å². The highest BCUT2D eigenvalue weighted by Crippen LogP contribution is 2.29. The molecule has 1 saturated heterocycles. The molecule has 1 saturated carbocycles. The van der Waals surface area contributed by atoms with Crippen LogP contribution in [0.5, 0.6) is 0 Å². The predicted octanol–water partition coefficient (Wildman–Crippen LogP) is 4.22. The van der Waals surface area contributed by atoms with E-state index >= 15 is 0 Å². The van der Waals surface area contributed by atoms with Crippen molar-refractivity contribution in [3.63, 3.8) is 0 Å². The van der Waals surface area contributed by atoms with Gasteiger partial charge in [0.2, 0.25) is 5.91 Å². The minimum absolute atomic E-state index is 0.0273. The molecule has 8 nitrogen and oxygen atoms in total. The minimum Gasteiger partial charge on any atom is -0.368 e. The highest BCUT2D eigenvalue weighted by Gasteiger charge is 2.24. The van der Waals surface area contributed by atoms with E-state index in [9.17, 15) is 14.4 Å². The first-order chi connectivity index (χ1) is 20.0. The van der Waals surface area contributed by atoms with Crippen LogP contribution in [0.1, 0.15) is 58.4 Å². The first kappa shape index (κ1) is 28.4. The first-order valence-corrected chi connectivity index (χ1v) is 14.6. The molecule has 0 unspecified atom stereocenters. The number of nitrogens with two attached hydrogens (primary N) is 1. The summed E-state index contributed by atoms with van der Waals surface area (Å²) < 4.78 is 0. The zero-order valence-electron chi connectivity index (χ0n) is 23.4. The Morgan fingerprint density at radius 3 is 2.22 bits per heavy atom. The maximum Gasteiger partial charge on any atom is 0.253 e. The Morgan fingerprint density at radius 2 is 1.49 bits per heavy atom. The normalized spacial score (nSPS) is 19.2. The van der Waals surface area contributed by atoms with Crippen molar-refractivity contribution in [1.29, 1.82) is 0 Å². The molecule has 8 heteroatoms. The van der Waals surface area contributed by atoms with Crippen LogP contribution in [-0.4, -0.2) is 60.9 Å². The number of nitrogens with zero attached hydrogens (tertiary/aromatic N) is 2. The largest absolute Gasteiger partial charge is 0.368 e. The fourth-order valence-electron chi connectivity index (χ4n) is 5.69. The summed E-state index contributed by atoms with van der Waals surface area (Å²) in [5.74, 6) is -0.266.